The minimum absolute atomic E-state index is 0.304. The quantitative estimate of drug-likeness (QED) is 0.297. The highest BCUT2D eigenvalue weighted by atomic mass is 35.5. The lowest BCUT2D eigenvalue weighted by Crippen LogP contribution is -2.18. The first-order chi connectivity index (χ1) is 13.0. The minimum atomic E-state index is -1.08. The molecule has 5 nitrogen and oxygen atoms in total. The van der Waals surface area contributed by atoms with Crippen LogP contribution in [0.4, 0.5) is 0 Å². The van der Waals surface area contributed by atoms with Gasteiger partial charge >= 0.3 is 0 Å². The van der Waals surface area contributed by atoms with Gasteiger partial charge in [-0.15, -0.1) is 0 Å². The number of aliphatic hydroxyl groups is 1. The van der Waals surface area contributed by atoms with Gasteiger partial charge in [-0.3, -0.25) is 4.79 Å². The SMILES string of the molecule is O=C1N[C@@H](O)c2c1c1c3cc(Cl)ccc3[nH]c1c1[nH]c3ccc(Cl)cc3c21. The van der Waals surface area contributed by atoms with Gasteiger partial charge in [-0.25, -0.2) is 0 Å². The van der Waals surface area contributed by atoms with Crippen LogP contribution < -0.4 is 5.32 Å². The summed E-state index contributed by atoms with van der Waals surface area (Å²) in [7, 11) is 0. The molecular formula is C20H11Cl2N3O2. The molecule has 0 saturated heterocycles. The van der Waals surface area contributed by atoms with E-state index in [0.29, 0.717) is 21.2 Å². The number of amides is 1. The summed E-state index contributed by atoms with van der Waals surface area (Å²) >= 11 is 12.4. The summed E-state index contributed by atoms with van der Waals surface area (Å²) in [6.07, 6.45) is -1.08. The average Bonchev–Trinajstić information content (AvgIpc) is 3.26. The molecule has 1 aliphatic rings. The topological polar surface area (TPSA) is 80.9 Å². The van der Waals surface area contributed by atoms with Crippen molar-refractivity contribution >= 4 is 72.7 Å². The molecule has 1 amide bonds. The van der Waals surface area contributed by atoms with Gasteiger partial charge in [0.2, 0.25) is 0 Å². The van der Waals surface area contributed by atoms with Crippen molar-refractivity contribution in [1.29, 1.82) is 0 Å². The minimum Gasteiger partial charge on any atom is -0.369 e. The molecule has 0 unspecified atom stereocenters. The maximum Gasteiger partial charge on any atom is 0.254 e. The van der Waals surface area contributed by atoms with Crippen LogP contribution in [-0.4, -0.2) is 21.0 Å². The molecule has 27 heavy (non-hydrogen) atoms. The number of rotatable bonds is 0. The smallest absolute Gasteiger partial charge is 0.254 e. The van der Waals surface area contributed by atoms with Crippen molar-refractivity contribution < 1.29 is 9.90 Å². The van der Waals surface area contributed by atoms with Crippen molar-refractivity contribution in [1.82, 2.24) is 15.3 Å². The van der Waals surface area contributed by atoms with Crippen molar-refractivity contribution in [2.75, 3.05) is 0 Å². The van der Waals surface area contributed by atoms with E-state index in [9.17, 15) is 9.90 Å². The van der Waals surface area contributed by atoms with Gasteiger partial charge in [0.1, 0.15) is 0 Å². The number of hydrogen-bond donors (Lipinski definition) is 4. The summed E-state index contributed by atoms with van der Waals surface area (Å²) in [5.74, 6) is -0.304. The van der Waals surface area contributed by atoms with E-state index in [-0.39, 0.29) is 5.91 Å². The Morgan fingerprint density at radius 3 is 2.04 bits per heavy atom. The standard InChI is InChI=1S/C20H11Cl2N3O2/c21-7-1-3-11-9(5-7)13-15-16(20(27)25-19(15)26)14-10-6-8(22)2-4-12(10)24-18(14)17(13)23-11/h1-6,19,23-24,26H,(H,25,27)/t19-/m0/s1. The van der Waals surface area contributed by atoms with Gasteiger partial charge in [-0.1, -0.05) is 23.2 Å². The number of carbonyl (C=O) groups is 1. The Bertz CT molecular complexity index is 1460. The summed E-state index contributed by atoms with van der Waals surface area (Å²) in [5, 5.41) is 17.7. The summed E-state index contributed by atoms with van der Waals surface area (Å²) in [5.41, 5.74) is 4.42. The van der Waals surface area contributed by atoms with E-state index >= 15 is 0 Å². The molecule has 5 aromatic rings. The van der Waals surface area contributed by atoms with Crippen LogP contribution in [0.25, 0.3) is 43.6 Å². The number of benzene rings is 3. The summed E-state index contributed by atoms with van der Waals surface area (Å²) in [6, 6.07) is 11.1. The molecule has 4 N–H and O–H groups in total. The first-order valence-electron chi connectivity index (χ1n) is 8.39. The van der Waals surface area contributed by atoms with Gasteiger partial charge < -0.3 is 20.4 Å². The van der Waals surface area contributed by atoms with E-state index in [0.717, 1.165) is 43.6 Å². The fourth-order valence-electron chi connectivity index (χ4n) is 4.28. The Balaban J connectivity index is 1.98. The first-order valence-corrected chi connectivity index (χ1v) is 9.15. The maximum atomic E-state index is 12.7. The second-order valence-electron chi connectivity index (χ2n) is 6.79. The molecule has 0 aliphatic carbocycles. The zero-order chi connectivity index (χ0) is 18.4. The number of aromatic nitrogens is 2. The normalized spacial score (nSPS) is 16.7. The second-order valence-corrected chi connectivity index (χ2v) is 7.67. The highest BCUT2D eigenvalue weighted by Gasteiger charge is 2.34. The van der Waals surface area contributed by atoms with Crippen LogP contribution in [-0.2, 0) is 0 Å². The molecule has 1 aliphatic heterocycles. The molecule has 0 bridgehead atoms. The van der Waals surface area contributed by atoms with Crippen LogP contribution in [0.3, 0.4) is 0 Å². The number of nitrogens with one attached hydrogen (secondary N) is 3. The van der Waals surface area contributed by atoms with Crippen molar-refractivity contribution in [3.63, 3.8) is 0 Å². The number of halogens is 2. The van der Waals surface area contributed by atoms with Crippen LogP contribution in [0.15, 0.2) is 36.4 Å². The molecule has 6 rings (SSSR count). The Morgan fingerprint density at radius 1 is 0.852 bits per heavy atom. The monoisotopic (exact) mass is 395 g/mol. The van der Waals surface area contributed by atoms with Crippen molar-refractivity contribution in [3.05, 3.63) is 57.6 Å². The molecule has 0 fully saturated rings. The van der Waals surface area contributed by atoms with Crippen LogP contribution in [0.2, 0.25) is 10.0 Å². The van der Waals surface area contributed by atoms with Crippen LogP contribution in [0, 0.1) is 0 Å². The Morgan fingerprint density at radius 2 is 1.41 bits per heavy atom. The van der Waals surface area contributed by atoms with Gasteiger partial charge in [-0.2, -0.15) is 0 Å². The molecule has 3 heterocycles. The highest BCUT2D eigenvalue weighted by molar-refractivity contribution is 6.35. The highest BCUT2D eigenvalue weighted by Crippen LogP contribution is 2.44. The summed E-state index contributed by atoms with van der Waals surface area (Å²) in [6.45, 7) is 0. The van der Waals surface area contributed by atoms with E-state index in [1.165, 1.54) is 0 Å². The third-order valence-corrected chi connectivity index (χ3v) is 5.80. The van der Waals surface area contributed by atoms with Gasteiger partial charge in [0.15, 0.2) is 6.23 Å². The predicted octanol–water partition coefficient (Wildman–Crippen LogP) is 5.00. The molecule has 7 heteroatoms. The molecular weight excluding hydrogens is 385 g/mol. The van der Waals surface area contributed by atoms with Gasteiger partial charge in [0, 0.05) is 48.2 Å². The molecule has 2 aromatic heterocycles. The Labute approximate surface area is 161 Å². The Hall–Kier alpha value is -2.73. The fourth-order valence-corrected chi connectivity index (χ4v) is 4.62. The molecule has 132 valence electrons. The van der Waals surface area contributed by atoms with Crippen molar-refractivity contribution in [2.24, 2.45) is 0 Å². The lowest BCUT2D eigenvalue weighted by Gasteiger charge is -2.07. The van der Waals surface area contributed by atoms with E-state index in [1.54, 1.807) is 6.07 Å². The van der Waals surface area contributed by atoms with E-state index < -0.39 is 6.23 Å². The number of hydrogen-bond acceptors (Lipinski definition) is 2. The lowest BCUT2D eigenvalue weighted by molar-refractivity contribution is 0.0853. The molecule has 0 spiro atoms. The largest absolute Gasteiger partial charge is 0.369 e. The van der Waals surface area contributed by atoms with E-state index in [1.807, 2.05) is 30.3 Å². The zero-order valence-electron chi connectivity index (χ0n) is 13.7. The summed E-state index contributed by atoms with van der Waals surface area (Å²) < 4.78 is 0. The zero-order valence-corrected chi connectivity index (χ0v) is 15.2. The number of aromatic amines is 2. The van der Waals surface area contributed by atoms with Crippen molar-refractivity contribution in [3.8, 4) is 0 Å². The number of carbonyl (C=O) groups excluding carboxylic acids is 1. The molecule has 0 saturated carbocycles. The molecule has 3 aromatic carbocycles. The lowest BCUT2D eigenvalue weighted by atomic mass is 9.96. The first kappa shape index (κ1) is 15.3. The van der Waals surface area contributed by atoms with Gasteiger partial charge in [-0.05, 0) is 36.4 Å². The third-order valence-electron chi connectivity index (χ3n) is 5.33. The van der Waals surface area contributed by atoms with Crippen LogP contribution in [0.1, 0.15) is 22.1 Å². The maximum absolute atomic E-state index is 12.7. The van der Waals surface area contributed by atoms with Crippen molar-refractivity contribution in [2.45, 2.75) is 6.23 Å². The number of aliphatic hydroxyl groups excluding tert-OH is 1. The van der Waals surface area contributed by atoms with Crippen LogP contribution >= 0.6 is 23.2 Å². The molecule has 1 atom stereocenters. The number of fused-ring (bicyclic) bond motifs is 10. The average molecular weight is 396 g/mol. The van der Waals surface area contributed by atoms with E-state index in [2.05, 4.69) is 15.3 Å². The van der Waals surface area contributed by atoms with Crippen LogP contribution in [0.5, 0.6) is 0 Å². The third kappa shape index (κ3) is 1.86. The fraction of sp³-hybridized carbons (Fsp3) is 0.0500. The predicted molar refractivity (Wildman–Crippen MR) is 108 cm³/mol. The number of H-pyrrole nitrogens is 2. The van der Waals surface area contributed by atoms with E-state index in [4.69, 9.17) is 23.2 Å². The Kier molecular flexibility index (Phi) is 2.81. The van der Waals surface area contributed by atoms with Gasteiger partial charge in [0.05, 0.1) is 16.6 Å². The van der Waals surface area contributed by atoms with Gasteiger partial charge in [0.25, 0.3) is 5.91 Å². The second kappa shape index (κ2) is 4.95. The summed E-state index contributed by atoms with van der Waals surface area (Å²) in [4.78, 5) is 19.6. The molecule has 0 radical (unpaired) electrons.